The Kier molecular flexibility index (Phi) is 5.81. The fraction of sp³-hybridized carbons (Fsp3) is 0. The highest BCUT2D eigenvalue weighted by Gasteiger charge is 2.19. The Morgan fingerprint density at radius 3 is 1.77 bits per heavy atom. The van der Waals surface area contributed by atoms with Gasteiger partial charge in [-0.2, -0.15) is 0 Å². The van der Waals surface area contributed by atoms with E-state index < -0.39 is 0 Å². The number of benzene rings is 7. The maximum absolute atomic E-state index is 6.44. The summed E-state index contributed by atoms with van der Waals surface area (Å²) in [6.45, 7) is 0. The van der Waals surface area contributed by atoms with Crippen LogP contribution in [0.2, 0.25) is 0 Å². The predicted molar refractivity (Wildman–Crippen MR) is 194 cm³/mol. The molecule has 0 saturated heterocycles. The van der Waals surface area contributed by atoms with E-state index in [-0.39, 0.29) is 0 Å². The van der Waals surface area contributed by atoms with E-state index in [4.69, 9.17) is 23.8 Å². The zero-order valence-electron chi connectivity index (χ0n) is 25.6. The molecule has 0 unspecified atom stereocenters. The third-order valence-corrected chi connectivity index (χ3v) is 9.12. The zero-order chi connectivity index (χ0) is 31.6. The molecule has 0 amide bonds. The number of nitrogens with zero attached hydrogens (tertiary/aromatic N) is 3. The van der Waals surface area contributed by atoms with E-state index in [2.05, 4.69) is 84.9 Å². The van der Waals surface area contributed by atoms with Crippen molar-refractivity contribution in [3.8, 4) is 45.3 Å². The normalized spacial score (nSPS) is 11.8. The molecule has 0 bridgehead atoms. The van der Waals surface area contributed by atoms with Crippen LogP contribution in [0.15, 0.2) is 160 Å². The Labute approximate surface area is 274 Å². The van der Waals surface area contributed by atoms with Crippen LogP contribution in [0, 0.1) is 0 Å². The van der Waals surface area contributed by atoms with Crippen LogP contribution in [0.4, 0.5) is 0 Å². The minimum absolute atomic E-state index is 0.591. The molecule has 0 fully saturated rings. The molecule has 224 valence electrons. The SMILES string of the molecule is c1ccc(-c2nc(-c3ccc4ccccc4c3)nc(-c3cccc4oc5ccc(-c6cccc7oc8ccccc8c67)cc5c34)n2)cc1. The lowest BCUT2D eigenvalue weighted by Gasteiger charge is -2.10. The maximum Gasteiger partial charge on any atom is 0.164 e. The second kappa shape index (κ2) is 10.5. The third-order valence-electron chi connectivity index (χ3n) is 9.12. The number of hydrogen-bond acceptors (Lipinski definition) is 5. The summed E-state index contributed by atoms with van der Waals surface area (Å²) in [6, 6.07) is 51.6. The van der Waals surface area contributed by atoms with Gasteiger partial charge in [-0.15, -0.1) is 0 Å². The van der Waals surface area contributed by atoms with Crippen LogP contribution < -0.4 is 0 Å². The molecule has 10 aromatic rings. The van der Waals surface area contributed by atoms with Gasteiger partial charge in [-0.25, -0.2) is 15.0 Å². The average Bonchev–Trinajstić information content (AvgIpc) is 3.73. The molecule has 0 saturated carbocycles. The van der Waals surface area contributed by atoms with Gasteiger partial charge in [0.1, 0.15) is 22.3 Å². The van der Waals surface area contributed by atoms with Gasteiger partial charge in [0.25, 0.3) is 0 Å². The summed E-state index contributed by atoms with van der Waals surface area (Å²) in [7, 11) is 0. The summed E-state index contributed by atoms with van der Waals surface area (Å²) in [5.74, 6) is 1.83. The van der Waals surface area contributed by atoms with Crippen LogP contribution in [0.5, 0.6) is 0 Å². The van der Waals surface area contributed by atoms with Gasteiger partial charge in [-0.05, 0) is 58.3 Å². The van der Waals surface area contributed by atoms with Crippen molar-refractivity contribution in [1.82, 2.24) is 15.0 Å². The predicted octanol–water partition coefficient (Wildman–Crippen LogP) is 11.5. The molecule has 7 aromatic carbocycles. The van der Waals surface area contributed by atoms with Gasteiger partial charge >= 0.3 is 0 Å². The average molecular weight is 616 g/mol. The molecular weight excluding hydrogens is 590 g/mol. The molecule has 48 heavy (non-hydrogen) atoms. The highest BCUT2D eigenvalue weighted by molar-refractivity contribution is 6.16. The molecule has 5 nitrogen and oxygen atoms in total. The van der Waals surface area contributed by atoms with Crippen LogP contribution in [0.1, 0.15) is 0 Å². The smallest absolute Gasteiger partial charge is 0.164 e. The summed E-state index contributed by atoms with van der Waals surface area (Å²) < 4.78 is 12.6. The van der Waals surface area contributed by atoms with E-state index in [1.165, 1.54) is 5.39 Å². The topological polar surface area (TPSA) is 65.0 Å². The fourth-order valence-corrected chi connectivity index (χ4v) is 6.87. The molecule has 0 aliphatic carbocycles. The van der Waals surface area contributed by atoms with Crippen molar-refractivity contribution in [2.75, 3.05) is 0 Å². The largest absolute Gasteiger partial charge is 0.456 e. The molecule has 0 aliphatic heterocycles. The first-order chi connectivity index (χ1) is 23.8. The maximum atomic E-state index is 6.44. The van der Waals surface area contributed by atoms with Crippen molar-refractivity contribution in [3.63, 3.8) is 0 Å². The number of fused-ring (bicyclic) bond motifs is 7. The number of furan rings is 2. The first-order valence-corrected chi connectivity index (χ1v) is 15.9. The summed E-state index contributed by atoms with van der Waals surface area (Å²) in [5, 5.41) is 6.47. The number of para-hydroxylation sites is 1. The molecule has 0 radical (unpaired) electrons. The Hall–Kier alpha value is -6.59. The molecule has 0 aliphatic rings. The first-order valence-electron chi connectivity index (χ1n) is 15.9. The minimum Gasteiger partial charge on any atom is -0.456 e. The Morgan fingerprint density at radius 1 is 0.333 bits per heavy atom. The standard InChI is InChI=1S/C43H25N3O2/c1-2-11-27(12-3-1)41-44-42(30-21-20-26-10-4-5-13-28(26)24-30)46-43(45-41)33-16-9-19-38-40(33)34-25-29(22-23-36(34)48-38)31-15-8-18-37-39(31)32-14-6-7-17-35(32)47-37/h1-25H. The van der Waals surface area contributed by atoms with Crippen molar-refractivity contribution in [3.05, 3.63) is 152 Å². The van der Waals surface area contributed by atoms with E-state index in [1.807, 2.05) is 66.7 Å². The van der Waals surface area contributed by atoms with Gasteiger partial charge in [0.05, 0.1) is 0 Å². The third kappa shape index (κ3) is 4.22. The summed E-state index contributed by atoms with van der Waals surface area (Å²) in [4.78, 5) is 15.2. The van der Waals surface area contributed by atoms with Gasteiger partial charge in [0.15, 0.2) is 17.5 Å². The van der Waals surface area contributed by atoms with Crippen LogP contribution in [-0.4, -0.2) is 15.0 Å². The van der Waals surface area contributed by atoms with Crippen molar-refractivity contribution in [2.24, 2.45) is 0 Å². The lowest BCUT2D eigenvalue weighted by molar-refractivity contribution is 0.669. The lowest BCUT2D eigenvalue weighted by atomic mass is 9.97. The fourth-order valence-electron chi connectivity index (χ4n) is 6.87. The van der Waals surface area contributed by atoms with Crippen molar-refractivity contribution >= 4 is 54.6 Å². The molecule has 0 spiro atoms. The van der Waals surface area contributed by atoms with E-state index in [0.717, 1.165) is 77.1 Å². The quantitative estimate of drug-likeness (QED) is 0.197. The van der Waals surface area contributed by atoms with E-state index in [1.54, 1.807) is 0 Å². The van der Waals surface area contributed by atoms with Gasteiger partial charge in [0, 0.05) is 38.2 Å². The highest BCUT2D eigenvalue weighted by atomic mass is 16.3. The Bertz CT molecular complexity index is 2850. The van der Waals surface area contributed by atoms with Gasteiger partial charge in [-0.1, -0.05) is 115 Å². The molecule has 3 heterocycles. The van der Waals surface area contributed by atoms with Gasteiger partial charge in [0.2, 0.25) is 0 Å². The van der Waals surface area contributed by atoms with Crippen LogP contribution in [-0.2, 0) is 0 Å². The second-order valence-electron chi connectivity index (χ2n) is 12.0. The number of hydrogen-bond donors (Lipinski definition) is 0. The molecule has 10 rings (SSSR count). The number of aromatic nitrogens is 3. The second-order valence-corrected chi connectivity index (χ2v) is 12.0. The lowest BCUT2D eigenvalue weighted by Crippen LogP contribution is -2.00. The highest BCUT2D eigenvalue weighted by Crippen LogP contribution is 2.41. The summed E-state index contributed by atoms with van der Waals surface area (Å²) in [6.07, 6.45) is 0. The monoisotopic (exact) mass is 615 g/mol. The summed E-state index contributed by atoms with van der Waals surface area (Å²) >= 11 is 0. The summed E-state index contributed by atoms with van der Waals surface area (Å²) in [5.41, 5.74) is 8.26. The van der Waals surface area contributed by atoms with Gasteiger partial charge in [-0.3, -0.25) is 0 Å². The van der Waals surface area contributed by atoms with E-state index in [9.17, 15) is 0 Å². The molecular formula is C43H25N3O2. The van der Waals surface area contributed by atoms with Crippen LogP contribution >= 0.6 is 0 Å². The zero-order valence-corrected chi connectivity index (χ0v) is 25.6. The van der Waals surface area contributed by atoms with Crippen LogP contribution in [0.3, 0.4) is 0 Å². The molecule has 3 aromatic heterocycles. The van der Waals surface area contributed by atoms with E-state index >= 15 is 0 Å². The van der Waals surface area contributed by atoms with Crippen molar-refractivity contribution in [2.45, 2.75) is 0 Å². The first kappa shape index (κ1) is 26.6. The van der Waals surface area contributed by atoms with Crippen molar-refractivity contribution in [1.29, 1.82) is 0 Å². The molecule has 5 heteroatoms. The number of rotatable bonds is 4. The minimum atomic E-state index is 0.591. The van der Waals surface area contributed by atoms with Crippen molar-refractivity contribution < 1.29 is 8.83 Å². The van der Waals surface area contributed by atoms with Crippen LogP contribution in [0.25, 0.3) is 99.9 Å². The van der Waals surface area contributed by atoms with Gasteiger partial charge < -0.3 is 8.83 Å². The molecule has 0 N–H and O–H groups in total. The Balaban J connectivity index is 1.21. The Morgan fingerprint density at radius 2 is 0.938 bits per heavy atom. The van der Waals surface area contributed by atoms with E-state index in [0.29, 0.717) is 17.5 Å². The molecule has 0 atom stereocenters.